The fraction of sp³-hybridized carbons (Fsp3) is 0.455. The lowest BCUT2D eigenvalue weighted by Crippen LogP contribution is -2.54. The number of carbonyl (C=O) groups excluding carboxylic acids is 1. The summed E-state index contributed by atoms with van der Waals surface area (Å²) in [5.74, 6) is 0.642. The molecule has 1 amide bonds. The van der Waals surface area contributed by atoms with E-state index in [0.717, 1.165) is 49.9 Å². The van der Waals surface area contributed by atoms with E-state index in [2.05, 4.69) is 10.3 Å². The Morgan fingerprint density at radius 1 is 1.07 bits per heavy atom. The molecule has 1 aromatic carbocycles. The van der Waals surface area contributed by atoms with Crippen LogP contribution < -0.4 is 10.2 Å². The number of carbonyl (C=O) groups is 1. The summed E-state index contributed by atoms with van der Waals surface area (Å²) in [5.41, 5.74) is -0.0712. The number of aromatic nitrogens is 1. The lowest BCUT2D eigenvalue weighted by Gasteiger charge is -2.42. The van der Waals surface area contributed by atoms with E-state index in [1.807, 2.05) is 35.2 Å². The minimum absolute atomic E-state index is 0.0781. The molecule has 2 aromatic rings. The van der Waals surface area contributed by atoms with Crippen LogP contribution in [-0.4, -0.2) is 30.0 Å². The quantitative estimate of drug-likeness (QED) is 0.828. The topological polar surface area (TPSA) is 45.2 Å². The van der Waals surface area contributed by atoms with Crippen molar-refractivity contribution < 1.29 is 18.0 Å². The SMILES string of the molecule is O=C(NC1CCN(c2ccc(C(F)(F)F)cn2)CC1)C1(c2ccccc2)CCC1. The summed E-state index contributed by atoms with van der Waals surface area (Å²) in [6.45, 7) is 1.31. The first-order valence-electron chi connectivity index (χ1n) is 10.0. The van der Waals surface area contributed by atoms with Crippen LogP contribution in [0, 0.1) is 0 Å². The number of halogens is 3. The molecule has 0 radical (unpaired) electrons. The molecule has 1 N–H and O–H groups in total. The second-order valence-electron chi connectivity index (χ2n) is 7.94. The standard InChI is InChI=1S/C22H24F3N3O/c23-22(24,25)17-7-8-19(26-15-17)28-13-9-18(10-14-28)27-20(29)21(11-4-12-21)16-5-2-1-3-6-16/h1-3,5-8,15,18H,4,9-14H2,(H,27,29). The molecule has 4 rings (SSSR count). The monoisotopic (exact) mass is 403 g/mol. The molecule has 7 heteroatoms. The fourth-order valence-corrected chi connectivity index (χ4v) is 4.25. The van der Waals surface area contributed by atoms with E-state index in [9.17, 15) is 18.0 Å². The minimum Gasteiger partial charge on any atom is -0.356 e. The Kier molecular flexibility index (Phi) is 5.23. The molecule has 29 heavy (non-hydrogen) atoms. The maximum Gasteiger partial charge on any atom is 0.417 e. The third-order valence-electron chi connectivity index (χ3n) is 6.20. The molecular formula is C22H24F3N3O. The molecule has 4 nitrogen and oxygen atoms in total. The number of hydrogen-bond acceptors (Lipinski definition) is 3. The van der Waals surface area contributed by atoms with Crippen molar-refractivity contribution in [1.82, 2.24) is 10.3 Å². The van der Waals surface area contributed by atoms with Gasteiger partial charge in [0.15, 0.2) is 0 Å². The van der Waals surface area contributed by atoms with Crippen molar-refractivity contribution in [2.45, 2.75) is 49.7 Å². The van der Waals surface area contributed by atoms with Gasteiger partial charge in [0.05, 0.1) is 11.0 Å². The van der Waals surface area contributed by atoms with Crippen molar-refractivity contribution >= 4 is 11.7 Å². The third kappa shape index (κ3) is 3.95. The van der Waals surface area contributed by atoms with Crippen molar-refractivity contribution in [3.05, 3.63) is 59.8 Å². The predicted molar refractivity (Wildman–Crippen MR) is 105 cm³/mol. The van der Waals surface area contributed by atoms with Crippen LogP contribution in [0.5, 0.6) is 0 Å². The van der Waals surface area contributed by atoms with Crippen molar-refractivity contribution in [3.8, 4) is 0 Å². The number of amides is 1. The van der Waals surface area contributed by atoms with Crippen LogP contribution in [-0.2, 0) is 16.4 Å². The molecule has 2 aliphatic rings. The molecule has 1 saturated heterocycles. The van der Waals surface area contributed by atoms with Gasteiger partial charge in [-0.3, -0.25) is 4.79 Å². The van der Waals surface area contributed by atoms with Gasteiger partial charge in [-0.25, -0.2) is 4.98 Å². The lowest BCUT2D eigenvalue weighted by atomic mass is 9.63. The van der Waals surface area contributed by atoms with Crippen molar-refractivity contribution in [3.63, 3.8) is 0 Å². The molecule has 0 spiro atoms. The highest BCUT2D eigenvalue weighted by molar-refractivity contribution is 5.89. The van der Waals surface area contributed by atoms with Crippen LogP contribution in [0.2, 0.25) is 0 Å². The molecule has 2 fully saturated rings. The zero-order chi connectivity index (χ0) is 20.5. The second kappa shape index (κ2) is 7.69. The van der Waals surface area contributed by atoms with Crippen molar-refractivity contribution in [2.75, 3.05) is 18.0 Å². The maximum absolute atomic E-state index is 13.1. The normalized spacial score (nSPS) is 19.5. The Hall–Kier alpha value is -2.57. The van der Waals surface area contributed by atoms with Gasteiger partial charge in [0.2, 0.25) is 5.91 Å². The van der Waals surface area contributed by atoms with Crippen LogP contribution in [0.25, 0.3) is 0 Å². The average Bonchev–Trinajstić information content (AvgIpc) is 2.68. The van der Waals surface area contributed by atoms with E-state index < -0.39 is 17.2 Å². The summed E-state index contributed by atoms with van der Waals surface area (Å²) in [6.07, 6.45) is 0.801. The molecule has 0 atom stereocenters. The van der Waals surface area contributed by atoms with Gasteiger partial charge in [-0.1, -0.05) is 36.8 Å². The Balaban J connectivity index is 1.35. The summed E-state index contributed by atoms with van der Waals surface area (Å²) >= 11 is 0. The number of hydrogen-bond donors (Lipinski definition) is 1. The van der Waals surface area contributed by atoms with Gasteiger partial charge < -0.3 is 10.2 Å². The first-order valence-corrected chi connectivity index (χ1v) is 10.0. The highest BCUT2D eigenvalue weighted by Crippen LogP contribution is 2.44. The first-order chi connectivity index (χ1) is 13.9. The van der Waals surface area contributed by atoms with E-state index in [1.54, 1.807) is 0 Å². The lowest BCUT2D eigenvalue weighted by molar-refractivity contribution is -0.137. The van der Waals surface area contributed by atoms with E-state index >= 15 is 0 Å². The highest BCUT2D eigenvalue weighted by atomic mass is 19.4. The zero-order valence-corrected chi connectivity index (χ0v) is 16.1. The van der Waals surface area contributed by atoms with Gasteiger partial charge >= 0.3 is 6.18 Å². The van der Waals surface area contributed by atoms with Gasteiger partial charge in [0.1, 0.15) is 5.82 Å². The van der Waals surface area contributed by atoms with E-state index in [0.29, 0.717) is 18.9 Å². The van der Waals surface area contributed by atoms with Crippen molar-refractivity contribution in [1.29, 1.82) is 0 Å². The number of rotatable bonds is 4. The summed E-state index contributed by atoms with van der Waals surface area (Å²) < 4.78 is 38.1. The van der Waals surface area contributed by atoms with Crippen LogP contribution in [0.3, 0.4) is 0 Å². The van der Waals surface area contributed by atoms with Gasteiger partial charge in [0, 0.05) is 25.3 Å². The minimum atomic E-state index is -4.38. The number of benzene rings is 1. The largest absolute Gasteiger partial charge is 0.417 e. The van der Waals surface area contributed by atoms with Crippen LogP contribution in [0.1, 0.15) is 43.2 Å². The molecule has 1 saturated carbocycles. The van der Waals surface area contributed by atoms with Crippen LogP contribution in [0.4, 0.5) is 19.0 Å². The number of alkyl halides is 3. The molecular weight excluding hydrogens is 379 g/mol. The van der Waals surface area contributed by atoms with Crippen molar-refractivity contribution in [2.24, 2.45) is 0 Å². The molecule has 1 aliphatic carbocycles. The molecule has 0 unspecified atom stereocenters. The van der Waals surface area contributed by atoms with E-state index in [-0.39, 0.29) is 11.9 Å². The van der Waals surface area contributed by atoms with Gasteiger partial charge in [0.25, 0.3) is 0 Å². The summed E-state index contributed by atoms with van der Waals surface area (Å²) in [5, 5.41) is 3.23. The predicted octanol–water partition coefficient (Wildman–Crippen LogP) is 4.31. The number of piperidine rings is 1. The summed E-state index contributed by atoms with van der Waals surface area (Å²) in [7, 11) is 0. The van der Waals surface area contributed by atoms with E-state index in [1.165, 1.54) is 6.07 Å². The fourth-order valence-electron chi connectivity index (χ4n) is 4.25. The van der Waals surface area contributed by atoms with Crippen LogP contribution in [0.15, 0.2) is 48.7 Å². The van der Waals surface area contributed by atoms with Gasteiger partial charge in [-0.15, -0.1) is 0 Å². The zero-order valence-electron chi connectivity index (χ0n) is 16.1. The molecule has 0 bridgehead atoms. The third-order valence-corrected chi connectivity index (χ3v) is 6.20. The Labute approximate surface area is 168 Å². The molecule has 1 aliphatic heterocycles. The smallest absolute Gasteiger partial charge is 0.356 e. The average molecular weight is 403 g/mol. The Bertz CT molecular complexity index is 840. The van der Waals surface area contributed by atoms with Gasteiger partial charge in [-0.2, -0.15) is 13.2 Å². The number of pyridine rings is 1. The second-order valence-corrected chi connectivity index (χ2v) is 7.94. The number of nitrogens with one attached hydrogen (secondary N) is 1. The van der Waals surface area contributed by atoms with Crippen LogP contribution >= 0.6 is 0 Å². The number of anilines is 1. The maximum atomic E-state index is 13.1. The highest BCUT2D eigenvalue weighted by Gasteiger charge is 2.46. The number of nitrogens with zero attached hydrogens (tertiary/aromatic N) is 2. The molecule has 1 aromatic heterocycles. The van der Waals surface area contributed by atoms with E-state index in [4.69, 9.17) is 0 Å². The molecule has 154 valence electrons. The Morgan fingerprint density at radius 2 is 1.76 bits per heavy atom. The van der Waals surface area contributed by atoms with Gasteiger partial charge in [-0.05, 0) is 43.4 Å². The molecule has 2 heterocycles. The summed E-state index contributed by atoms with van der Waals surface area (Å²) in [4.78, 5) is 19.0. The Morgan fingerprint density at radius 3 is 2.28 bits per heavy atom. The summed E-state index contributed by atoms with van der Waals surface area (Å²) in [6, 6.07) is 12.5. The first kappa shape index (κ1) is 19.7.